The van der Waals surface area contributed by atoms with Gasteiger partial charge >= 0.3 is 0 Å². The Balaban J connectivity index is 1.81. The topological polar surface area (TPSA) is 44.5 Å². The molecule has 0 radical (unpaired) electrons. The first kappa shape index (κ1) is 13.8. The third kappa shape index (κ3) is 3.13. The molecule has 2 aromatic rings. The van der Waals surface area contributed by atoms with Gasteiger partial charge in [0.1, 0.15) is 17.2 Å². The van der Waals surface area contributed by atoms with Gasteiger partial charge in [0, 0.05) is 6.07 Å². The Morgan fingerprint density at radius 2 is 1.67 bits per heavy atom. The maximum atomic E-state index is 5.95. The highest BCUT2D eigenvalue weighted by Gasteiger charge is 2.12. The van der Waals surface area contributed by atoms with Crippen molar-refractivity contribution in [2.45, 2.75) is 39.2 Å². The molecule has 0 atom stereocenters. The zero-order valence-corrected chi connectivity index (χ0v) is 12.6. The number of hydrogen-bond acceptors (Lipinski definition) is 3. The lowest BCUT2D eigenvalue weighted by Gasteiger charge is -2.14. The second-order valence-corrected chi connectivity index (χ2v) is 5.75. The molecule has 0 aliphatic heterocycles. The van der Waals surface area contributed by atoms with Crippen LogP contribution in [0.5, 0.6) is 17.2 Å². The number of benzene rings is 2. The van der Waals surface area contributed by atoms with Gasteiger partial charge in [0.2, 0.25) is 0 Å². The summed E-state index contributed by atoms with van der Waals surface area (Å²) in [4.78, 5) is 0. The molecule has 0 bridgehead atoms. The van der Waals surface area contributed by atoms with Gasteiger partial charge in [0.05, 0.1) is 11.8 Å². The molecule has 0 amide bonds. The van der Waals surface area contributed by atoms with E-state index in [4.69, 9.17) is 15.2 Å². The van der Waals surface area contributed by atoms with Crippen molar-refractivity contribution in [3.05, 3.63) is 47.5 Å². The molecule has 3 rings (SSSR count). The fourth-order valence-electron chi connectivity index (χ4n) is 2.68. The van der Waals surface area contributed by atoms with Crippen LogP contribution < -0.4 is 15.2 Å². The van der Waals surface area contributed by atoms with E-state index in [2.05, 4.69) is 12.1 Å². The zero-order valence-electron chi connectivity index (χ0n) is 12.6. The summed E-state index contributed by atoms with van der Waals surface area (Å²) in [6.45, 7) is 3.96. The van der Waals surface area contributed by atoms with E-state index in [0.717, 1.165) is 17.9 Å². The number of rotatable bonds is 4. The number of hydrogen-bond donors (Lipinski definition) is 1. The molecule has 0 spiro atoms. The molecule has 0 saturated carbocycles. The maximum absolute atomic E-state index is 5.95. The van der Waals surface area contributed by atoms with E-state index < -0.39 is 0 Å². The normalized spacial score (nSPS) is 13.3. The lowest BCUT2D eigenvalue weighted by atomic mass is 10.1. The molecule has 3 heteroatoms. The predicted octanol–water partition coefficient (Wildman–Crippen LogP) is 4.34. The summed E-state index contributed by atoms with van der Waals surface area (Å²) in [5, 5.41) is 0. The summed E-state index contributed by atoms with van der Waals surface area (Å²) >= 11 is 0. The van der Waals surface area contributed by atoms with Crippen LogP contribution in [-0.2, 0) is 12.8 Å². The first-order valence-electron chi connectivity index (χ1n) is 7.47. The molecule has 1 aliphatic carbocycles. The third-order valence-corrected chi connectivity index (χ3v) is 3.65. The summed E-state index contributed by atoms with van der Waals surface area (Å²) < 4.78 is 11.6. The number of nitrogens with two attached hydrogens (primary N) is 1. The molecular weight excluding hydrogens is 262 g/mol. The fraction of sp³-hybridized carbons (Fsp3) is 0.333. The van der Waals surface area contributed by atoms with Crippen molar-refractivity contribution in [1.29, 1.82) is 0 Å². The van der Waals surface area contributed by atoms with Crippen LogP contribution in [0.4, 0.5) is 5.69 Å². The van der Waals surface area contributed by atoms with E-state index in [1.807, 2.05) is 38.1 Å². The number of fused-ring (bicyclic) bond motifs is 1. The molecular formula is C18H21NO2. The molecule has 110 valence electrons. The monoisotopic (exact) mass is 283 g/mol. The van der Waals surface area contributed by atoms with Crippen molar-refractivity contribution >= 4 is 5.69 Å². The average Bonchev–Trinajstić information content (AvgIpc) is 2.89. The first-order valence-corrected chi connectivity index (χ1v) is 7.47. The van der Waals surface area contributed by atoms with Crippen molar-refractivity contribution in [2.24, 2.45) is 0 Å². The van der Waals surface area contributed by atoms with E-state index in [0.29, 0.717) is 11.4 Å². The van der Waals surface area contributed by atoms with Gasteiger partial charge < -0.3 is 15.2 Å². The van der Waals surface area contributed by atoms with Gasteiger partial charge in [-0.05, 0) is 68.5 Å². The maximum Gasteiger partial charge on any atom is 0.146 e. The van der Waals surface area contributed by atoms with Crippen molar-refractivity contribution in [2.75, 3.05) is 5.73 Å². The van der Waals surface area contributed by atoms with E-state index in [9.17, 15) is 0 Å². The predicted molar refractivity (Wildman–Crippen MR) is 85.2 cm³/mol. The Bertz CT molecular complexity index is 650. The van der Waals surface area contributed by atoms with Crippen molar-refractivity contribution < 1.29 is 9.47 Å². The van der Waals surface area contributed by atoms with Crippen LogP contribution in [0.1, 0.15) is 31.4 Å². The summed E-state index contributed by atoms with van der Waals surface area (Å²) in [6, 6.07) is 11.9. The second-order valence-electron chi connectivity index (χ2n) is 5.75. The van der Waals surface area contributed by atoms with Crippen LogP contribution in [0.25, 0.3) is 0 Å². The van der Waals surface area contributed by atoms with Crippen molar-refractivity contribution in [3.8, 4) is 17.2 Å². The van der Waals surface area contributed by atoms with Crippen LogP contribution in [0, 0.1) is 0 Å². The smallest absolute Gasteiger partial charge is 0.146 e. The van der Waals surface area contributed by atoms with Crippen LogP contribution >= 0.6 is 0 Å². The molecule has 0 aromatic heterocycles. The standard InChI is InChI=1S/C18H21NO2/c1-12(2)20-18-11-16(8-9-17(18)19)21-15-7-6-13-4-3-5-14(13)10-15/h6-12H,3-5,19H2,1-2H3. The van der Waals surface area contributed by atoms with Gasteiger partial charge in [0.15, 0.2) is 0 Å². The highest BCUT2D eigenvalue weighted by Crippen LogP contribution is 2.32. The van der Waals surface area contributed by atoms with Crippen LogP contribution in [0.15, 0.2) is 36.4 Å². The van der Waals surface area contributed by atoms with Crippen LogP contribution in [-0.4, -0.2) is 6.10 Å². The molecule has 0 heterocycles. The highest BCUT2D eigenvalue weighted by atomic mass is 16.5. The molecule has 2 aromatic carbocycles. The van der Waals surface area contributed by atoms with Gasteiger partial charge in [0.25, 0.3) is 0 Å². The minimum atomic E-state index is 0.0857. The SMILES string of the molecule is CC(C)Oc1cc(Oc2ccc3c(c2)CCC3)ccc1N. The largest absolute Gasteiger partial charge is 0.489 e. The Morgan fingerprint density at radius 1 is 0.952 bits per heavy atom. The minimum absolute atomic E-state index is 0.0857. The Labute approximate surface area is 125 Å². The number of aryl methyl sites for hydroxylation is 2. The number of anilines is 1. The van der Waals surface area contributed by atoms with Crippen LogP contribution in [0.3, 0.4) is 0 Å². The van der Waals surface area contributed by atoms with E-state index in [-0.39, 0.29) is 6.10 Å². The average molecular weight is 283 g/mol. The molecule has 1 aliphatic rings. The van der Waals surface area contributed by atoms with Gasteiger partial charge in [-0.2, -0.15) is 0 Å². The molecule has 0 unspecified atom stereocenters. The molecule has 2 N–H and O–H groups in total. The van der Waals surface area contributed by atoms with Gasteiger partial charge in [-0.3, -0.25) is 0 Å². The molecule has 21 heavy (non-hydrogen) atoms. The molecule has 3 nitrogen and oxygen atoms in total. The quantitative estimate of drug-likeness (QED) is 0.849. The van der Waals surface area contributed by atoms with Gasteiger partial charge in [-0.1, -0.05) is 6.07 Å². The van der Waals surface area contributed by atoms with Gasteiger partial charge in [-0.25, -0.2) is 0 Å². The molecule has 0 fully saturated rings. The number of ether oxygens (including phenoxy) is 2. The lowest BCUT2D eigenvalue weighted by molar-refractivity contribution is 0.243. The Morgan fingerprint density at radius 3 is 2.48 bits per heavy atom. The number of nitrogen functional groups attached to an aromatic ring is 1. The van der Waals surface area contributed by atoms with Crippen LogP contribution in [0.2, 0.25) is 0 Å². The Kier molecular flexibility index (Phi) is 3.74. The fourth-order valence-corrected chi connectivity index (χ4v) is 2.68. The highest BCUT2D eigenvalue weighted by molar-refractivity contribution is 5.56. The summed E-state index contributed by atoms with van der Waals surface area (Å²) in [5.41, 5.74) is 9.41. The van der Waals surface area contributed by atoms with E-state index in [1.54, 1.807) is 0 Å². The van der Waals surface area contributed by atoms with E-state index >= 15 is 0 Å². The Hall–Kier alpha value is -2.16. The van der Waals surface area contributed by atoms with Crippen molar-refractivity contribution in [1.82, 2.24) is 0 Å². The lowest BCUT2D eigenvalue weighted by Crippen LogP contribution is -2.07. The minimum Gasteiger partial charge on any atom is -0.489 e. The zero-order chi connectivity index (χ0) is 14.8. The summed E-state index contributed by atoms with van der Waals surface area (Å²) in [5.74, 6) is 2.29. The third-order valence-electron chi connectivity index (χ3n) is 3.65. The van der Waals surface area contributed by atoms with Gasteiger partial charge in [-0.15, -0.1) is 0 Å². The first-order chi connectivity index (χ1) is 10.1. The molecule has 0 saturated heterocycles. The summed E-state index contributed by atoms with van der Waals surface area (Å²) in [7, 11) is 0. The van der Waals surface area contributed by atoms with E-state index in [1.165, 1.54) is 24.0 Å². The summed E-state index contributed by atoms with van der Waals surface area (Å²) in [6.07, 6.45) is 3.66. The van der Waals surface area contributed by atoms with Crippen molar-refractivity contribution in [3.63, 3.8) is 0 Å². The second kappa shape index (κ2) is 5.68.